The molecule has 0 saturated carbocycles. The number of methoxy groups -OCH3 is 1. The van der Waals surface area contributed by atoms with Crippen molar-refractivity contribution in [2.75, 3.05) is 7.11 Å². The van der Waals surface area contributed by atoms with Gasteiger partial charge in [0.25, 0.3) is 0 Å². The van der Waals surface area contributed by atoms with E-state index in [2.05, 4.69) is 72.9 Å². The predicted molar refractivity (Wildman–Crippen MR) is 163 cm³/mol. The number of nitrogens with zero attached hydrogens (tertiary/aromatic N) is 2. The lowest BCUT2D eigenvalue weighted by Gasteiger charge is -2.43. The summed E-state index contributed by atoms with van der Waals surface area (Å²) in [5.41, 5.74) is 15.3. The molecular formula is C35H47N3O. The number of unbranched alkanes of at least 4 members (excludes halogenated alkanes) is 9. The van der Waals surface area contributed by atoms with Crippen LogP contribution in [0.25, 0.3) is 5.70 Å². The maximum Gasteiger partial charge on any atom is 0.231 e. The van der Waals surface area contributed by atoms with Crippen molar-refractivity contribution in [3.63, 3.8) is 0 Å². The summed E-state index contributed by atoms with van der Waals surface area (Å²) in [7, 11) is 1.68. The highest BCUT2D eigenvalue weighted by Crippen LogP contribution is 2.59. The van der Waals surface area contributed by atoms with E-state index in [-0.39, 0.29) is 10.8 Å². The summed E-state index contributed by atoms with van der Waals surface area (Å²) < 4.78 is 7.58. The first-order valence-electron chi connectivity index (χ1n) is 15.2. The molecule has 0 radical (unpaired) electrons. The van der Waals surface area contributed by atoms with E-state index in [9.17, 15) is 0 Å². The van der Waals surface area contributed by atoms with E-state index in [0.717, 1.165) is 18.5 Å². The molecule has 2 N–H and O–H groups in total. The third-order valence-electron chi connectivity index (χ3n) is 9.37. The lowest BCUT2D eigenvalue weighted by molar-refractivity contribution is 0.400. The van der Waals surface area contributed by atoms with Gasteiger partial charge in [-0.2, -0.15) is 0 Å². The Morgan fingerprint density at radius 2 is 1.67 bits per heavy atom. The zero-order valence-corrected chi connectivity index (χ0v) is 24.6. The van der Waals surface area contributed by atoms with Crippen LogP contribution in [-0.2, 0) is 0 Å². The first-order chi connectivity index (χ1) is 18.9. The van der Waals surface area contributed by atoms with Crippen molar-refractivity contribution in [2.45, 2.75) is 97.8 Å². The Bertz CT molecular complexity index is 1300. The zero-order valence-electron chi connectivity index (χ0n) is 24.6. The fourth-order valence-corrected chi connectivity index (χ4v) is 7.10. The number of allylic oxidation sites excluding steroid dienone is 14. The van der Waals surface area contributed by atoms with Crippen molar-refractivity contribution in [3.8, 4) is 5.88 Å². The number of rotatable bonds is 13. The topological polar surface area (TPSA) is 53.1 Å². The first-order valence-corrected chi connectivity index (χ1v) is 15.2. The fraction of sp³-hybridized carbons (Fsp3) is 0.514. The second-order valence-corrected chi connectivity index (χ2v) is 12.3. The highest BCUT2D eigenvalue weighted by Gasteiger charge is 2.46. The molecule has 0 unspecified atom stereocenters. The van der Waals surface area contributed by atoms with Gasteiger partial charge in [0.2, 0.25) is 5.88 Å². The number of fused-ring (bicyclic) bond motifs is 4. The summed E-state index contributed by atoms with van der Waals surface area (Å²) in [6.45, 7) is 7.01. The van der Waals surface area contributed by atoms with Crippen LogP contribution in [0, 0.1) is 10.8 Å². The summed E-state index contributed by atoms with van der Waals surface area (Å²) in [5.74, 6) is 0.646. The van der Waals surface area contributed by atoms with Crippen LogP contribution in [0.4, 0.5) is 0 Å². The van der Waals surface area contributed by atoms with Crippen molar-refractivity contribution in [1.82, 2.24) is 9.55 Å². The summed E-state index contributed by atoms with van der Waals surface area (Å²) in [6.07, 6.45) is 35.6. The van der Waals surface area contributed by atoms with E-state index >= 15 is 0 Å². The minimum Gasteiger partial charge on any atom is -0.480 e. The molecule has 0 fully saturated rings. The van der Waals surface area contributed by atoms with Crippen molar-refractivity contribution in [2.24, 2.45) is 16.6 Å². The molecule has 1 aromatic rings. The lowest BCUT2D eigenvalue weighted by atomic mass is 9.60. The molecule has 0 saturated heterocycles. The Hall–Kier alpha value is -3.01. The molecule has 39 heavy (non-hydrogen) atoms. The molecule has 208 valence electrons. The van der Waals surface area contributed by atoms with E-state index in [4.69, 9.17) is 10.5 Å². The molecule has 0 aromatic carbocycles. The summed E-state index contributed by atoms with van der Waals surface area (Å²) >= 11 is 0. The van der Waals surface area contributed by atoms with Crippen LogP contribution in [0.3, 0.4) is 0 Å². The van der Waals surface area contributed by atoms with E-state index in [0.29, 0.717) is 5.88 Å². The van der Waals surface area contributed by atoms with E-state index < -0.39 is 0 Å². The number of ether oxygens (including phenoxy) is 1. The van der Waals surface area contributed by atoms with Gasteiger partial charge in [0.15, 0.2) is 0 Å². The van der Waals surface area contributed by atoms with Gasteiger partial charge in [0.05, 0.1) is 18.7 Å². The second-order valence-electron chi connectivity index (χ2n) is 12.3. The quantitative estimate of drug-likeness (QED) is 0.261. The Balaban J connectivity index is 1.37. The van der Waals surface area contributed by atoms with Gasteiger partial charge >= 0.3 is 0 Å². The number of aromatic nitrogens is 2. The average Bonchev–Trinajstić information content (AvgIpc) is 3.51. The van der Waals surface area contributed by atoms with Crippen LogP contribution in [0.5, 0.6) is 5.88 Å². The van der Waals surface area contributed by atoms with Gasteiger partial charge < -0.3 is 15.0 Å². The maximum absolute atomic E-state index is 6.37. The van der Waals surface area contributed by atoms with Crippen LogP contribution in [-0.4, -0.2) is 16.7 Å². The fourth-order valence-electron chi connectivity index (χ4n) is 7.10. The van der Waals surface area contributed by atoms with E-state index in [1.807, 2.05) is 12.5 Å². The van der Waals surface area contributed by atoms with Crippen LogP contribution >= 0.6 is 0 Å². The Morgan fingerprint density at radius 3 is 2.36 bits per heavy atom. The summed E-state index contributed by atoms with van der Waals surface area (Å²) in [6, 6.07) is 0. The van der Waals surface area contributed by atoms with Gasteiger partial charge in [-0.25, -0.2) is 4.98 Å². The second kappa shape index (κ2) is 11.6. The standard InChI is InChI=1S/C35H47N3O/c1-5-6-7-8-9-10-11-12-13-14-15-26-22-31(38-24-32(39-4)37-25-38)34(2)21-20-30-29(33(26)34)19-17-27-16-18-28(36)23-35(27,30)3/h16-22,24-25H,5-15,23,36H2,1-4H3/t34-,35-/m1/s1. The highest BCUT2D eigenvalue weighted by molar-refractivity contribution is 5.80. The van der Waals surface area contributed by atoms with Crippen LogP contribution in [0.2, 0.25) is 0 Å². The highest BCUT2D eigenvalue weighted by atomic mass is 16.5. The normalized spacial score (nSPS) is 25.3. The Morgan fingerprint density at radius 1 is 0.949 bits per heavy atom. The minimum atomic E-state index is -0.212. The van der Waals surface area contributed by atoms with Crippen molar-refractivity contribution < 1.29 is 4.74 Å². The Kier molecular flexibility index (Phi) is 8.21. The smallest absolute Gasteiger partial charge is 0.231 e. The summed E-state index contributed by atoms with van der Waals surface area (Å²) in [5, 5.41) is 0. The number of hydrogen-bond acceptors (Lipinski definition) is 3. The molecule has 4 nitrogen and oxygen atoms in total. The van der Waals surface area contributed by atoms with E-state index in [1.54, 1.807) is 7.11 Å². The molecule has 0 spiro atoms. The summed E-state index contributed by atoms with van der Waals surface area (Å²) in [4.78, 5) is 4.46. The van der Waals surface area contributed by atoms with Crippen LogP contribution in [0.1, 0.15) is 97.8 Å². The van der Waals surface area contributed by atoms with Gasteiger partial charge in [-0.05, 0) is 59.8 Å². The van der Waals surface area contributed by atoms with Crippen molar-refractivity contribution in [1.29, 1.82) is 0 Å². The van der Waals surface area contributed by atoms with E-state index in [1.165, 1.54) is 97.8 Å². The number of imidazole rings is 1. The third kappa shape index (κ3) is 5.27. The first kappa shape index (κ1) is 27.6. The monoisotopic (exact) mass is 525 g/mol. The third-order valence-corrected chi connectivity index (χ3v) is 9.37. The van der Waals surface area contributed by atoms with Gasteiger partial charge in [-0.1, -0.05) is 102 Å². The molecule has 4 aliphatic carbocycles. The molecule has 4 heteroatoms. The molecule has 1 aromatic heterocycles. The number of hydrogen-bond donors (Lipinski definition) is 1. The largest absolute Gasteiger partial charge is 0.480 e. The van der Waals surface area contributed by atoms with Gasteiger partial charge in [0.1, 0.15) is 6.33 Å². The molecule has 5 rings (SSSR count). The maximum atomic E-state index is 6.37. The van der Waals surface area contributed by atoms with Gasteiger partial charge in [0, 0.05) is 23.2 Å². The SMILES string of the molecule is CCCCCCCCCCCCC1=C2C3=C(C=C[C@]2(C)C(n2cnc(OC)c2)=C1)[C@]1(C)CC(N)=CC=C1C=C3. The lowest BCUT2D eigenvalue weighted by Crippen LogP contribution is -2.33. The van der Waals surface area contributed by atoms with Crippen molar-refractivity contribution in [3.05, 3.63) is 88.6 Å². The molecule has 0 bridgehead atoms. The molecule has 2 atom stereocenters. The van der Waals surface area contributed by atoms with Crippen LogP contribution in [0.15, 0.2) is 88.6 Å². The van der Waals surface area contributed by atoms with Gasteiger partial charge in [-0.3, -0.25) is 0 Å². The Labute approximate surface area is 235 Å². The molecule has 4 aliphatic rings. The zero-order chi connectivity index (χ0) is 27.5. The molecular weight excluding hydrogens is 478 g/mol. The van der Waals surface area contributed by atoms with Crippen molar-refractivity contribution >= 4 is 5.70 Å². The molecule has 1 heterocycles. The van der Waals surface area contributed by atoms with Gasteiger partial charge in [-0.15, -0.1) is 0 Å². The molecule has 0 aliphatic heterocycles. The average molecular weight is 526 g/mol. The minimum absolute atomic E-state index is 0.0863. The molecule has 0 amide bonds. The predicted octanol–water partition coefficient (Wildman–Crippen LogP) is 8.98. The van der Waals surface area contributed by atoms with Crippen LogP contribution < -0.4 is 10.5 Å². The number of nitrogens with two attached hydrogens (primary N) is 1.